The summed E-state index contributed by atoms with van der Waals surface area (Å²) in [6.45, 7) is 0.0404. The van der Waals surface area contributed by atoms with Crippen LogP contribution in [0, 0.1) is 0 Å². The average molecular weight is 389 g/mol. The molecule has 0 unspecified atom stereocenters. The van der Waals surface area contributed by atoms with Crippen molar-refractivity contribution in [3.8, 4) is 0 Å². The van der Waals surface area contributed by atoms with Crippen molar-refractivity contribution in [2.45, 2.75) is 12.7 Å². The van der Waals surface area contributed by atoms with Crippen LogP contribution in [0.15, 0.2) is 64.4 Å². The molecule has 4 rings (SSSR count). The van der Waals surface area contributed by atoms with Crippen molar-refractivity contribution in [1.29, 1.82) is 0 Å². The molecule has 3 heterocycles. The molecule has 0 spiro atoms. The molecule has 0 bridgehead atoms. The van der Waals surface area contributed by atoms with Crippen molar-refractivity contribution < 1.29 is 17.7 Å². The Kier molecular flexibility index (Phi) is 4.17. The minimum absolute atomic E-state index is 0.0404. The second-order valence-electron chi connectivity index (χ2n) is 6.09. The number of hydrogen-bond donors (Lipinski definition) is 0. The molecule has 0 saturated heterocycles. The molecule has 0 atom stereocenters. The predicted molar refractivity (Wildman–Crippen MR) is 94.2 cm³/mol. The summed E-state index contributed by atoms with van der Waals surface area (Å²) in [4.78, 5) is 21.5. The minimum atomic E-state index is -4.88. The van der Waals surface area contributed by atoms with Crippen molar-refractivity contribution in [2.75, 3.05) is 4.90 Å². The van der Waals surface area contributed by atoms with Gasteiger partial charge in [0.25, 0.3) is 5.56 Å². The molecule has 7 nitrogen and oxygen atoms in total. The summed E-state index contributed by atoms with van der Waals surface area (Å²) in [7, 11) is 1.14. The number of anilines is 2. The summed E-state index contributed by atoms with van der Waals surface area (Å²) in [5, 5.41) is 0. The molecule has 0 amide bonds. The molecule has 0 N–H and O–H groups in total. The van der Waals surface area contributed by atoms with E-state index in [0.29, 0.717) is 16.2 Å². The fourth-order valence-corrected chi connectivity index (χ4v) is 2.88. The van der Waals surface area contributed by atoms with Crippen LogP contribution < -0.4 is 10.5 Å². The molecule has 0 aliphatic rings. The highest BCUT2D eigenvalue weighted by Gasteiger charge is 2.43. The van der Waals surface area contributed by atoms with Gasteiger partial charge < -0.3 is 9.42 Å². The fourth-order valence-electron chi connectivity index (χ4n) is 2.88. The van der Waals surface area contributed by atoms with Crippen molar-refractivity contribution in [3.05, 3.63) is 76.6 Å². The third-order valence-electron chi connectivity index (χ3n) is 4.19. The molecule has 1 aromatic carbocycles. The Balaban J connectivity index is 1.91. The van der Waals surface area contributed by atoms with Crippen LogP contribution in [0.4, 0.5) is 24.7 Å². The number of aryl methyl sites for hydroxylation is 1. The van der Waals surface area contributed by atoms with E-state index in [1.54, 1.807) is 47.1 Å². The topological polar surface area (TPSA) is 68.6 Å². The summed E-state index contributed by atoms with van der Waals surface area (Å²) in [5.74, 6) is -0.195. The van der Waals surface area contributed by atoms with E-state index in [1.807, 2.05) is 0 Å². The zero-order valence-corrected chi connectivity index (χ0v) is 14.6. The number of nitrogens with zero attached hydrogens (tertiary/aromatic N) is 5. The van der Waals surface area contributed by atoms with Crippen LogP contribution in [0.2, 0.25) is 0 Å². The highest BCUT2D eigenvalue weighted by atomic mass is 19.4. The third kappa shape index (κ3) is 3.13. The minimum Gasteiger partial charge on any atom is -0.357 e. The quantitative estimate of drug-likeness (QED) is 0.535. The van der Waals surface area contributed by atoms with Crippen LogP contribution in [-0.4, -0.2) is 19.1 Å². The standard InChI is InChI=1S/C18H14F3N5O2/c1-24-15(27)14(18(19,20)21)16(28-24)26(10-12-5-3-2-4-6-12)13-9-23-17-22-7-8-25(17)11-13/h2-9,11H,10H2,1H3. The van der Waals surface area contributed by atoms with Crippen LogP contribution in [0.3, 0.4) is 0 Å². The Labute approximate surface area is 156 Å². The molecule has 10 heteroatoms. The monoisotopic (exact) mass is 389 g/mol. The summed E-state index contributed by atoms with van der Waals surface area (Å²) in [6.07, 6.45) is 1.23. The maximum Gasteiger partial charge on any atom is 0.427 e. The van der Waals surface area contributed by atoms with Gasteiger partial charge >= 0.3 is 6.18 Å². The van der Waals surface area contributed by atoms with E-state index in [2.05, 4.69) is 9.97 Å². The van der Waals surface area contributed by atoms with E-state index in [4.69, 9.17) is 4.52 Å². The Hall–Kier alpha value is -3.56. The lowest BCUT2D eigenvalue weighted by Gasteiger charge is -2.23. The number of benzene rings is 1. The predicted octanol–water partition coefficient (Wildman–Crippen LogP) is 3.38. The van der Waals surface area contributed by atoms with Gasteiger partial charge in [0.1, 0.15) is 0 Å². The maximum atomic E-state index is 13.6. The number of hydrogen-bond acceptors (Lipinski definition) is 5. The average Bonchev–Trinajstić information content (AvgIpc) is 3.24. The largest absolute Gasteiger partial charge is 0.427 e. The molecule has 144 valence electrons. The highest BCUT2D eigenvalue weighted by molar-refractivity contribution is 5.61. The van der Waals surface area contributed by atoms with Gasteiger partial charge in [0.15, 0.2) is 5.56 Å². The first-order valence-electron chi connectivity index (χ1n) is 8.22. The van der Waals surface area contributed by atoms with Gasteiger partial charge in [-0.2, -0.15) is 17.9 Å². The Morgan fingerprint density at radius 3 is 2.64 bits per heavy atom. The van der Waals surface area contributed by atoms with Crippen LogP contribution in [-0.2, 0) is 19.8 Å². The molecular weight excluding hydrogens is 375 g/mol. The van der Waals surface area contributed by atoms with E-state index in [-0.39, 0.29) is 6.54 Å². The molecule has 3 aromatic heterocycles. The summed E-state index contributed by atoms with van der Waals surface area (Å²) >= 11 is 0. The fraction of sp³-hybridized carbons (Fsp3) is 0.167. The molecule has 4 aromatic rings. The van der Waals surface area contributed by atoms with E-state index in [0.717, 1.165) is 12.6 Å². The second kappa shape index (κ2) is 6.55. The number of alkyl halides is 3. The lowest BCUT2D eigenvalue weighted by molar-refractivity contribution is -0.138. The SMILES string of the molecule is Cn1oc(N(Cc2ccccc2)c2cnc3nccn3c2)c(C(F)(F)F)c1=O. The number of aromatic nitrogens is 4. The summed E-state index contributed by atoms with van der Waals surface area (Å²) in [5.41, 5.74) is -1.57. The first kappa shape index (κ1) is 17.8. The Morgan fingerprint density at radius 1 is 1.18 bits per heavy atom. The van der Waals surface area contributed by atoms with Gasteiger partial charge in [0, 0.05) is 25.6 Å². The lowest BCUT2D eigenvalue weighted by atomic mass is 10.2. The Bertz CT molecular complexity index is 1180. The van der Waals surface area contributed by atoms with Crippen LogP contribution >= 0.6 is 0 Å². The molecule has 0 aliphatic heterocycles. The van der Waals surface area contributed by atoms with Gasteiger partial charge in [-0.1, -0.05) is 30.3 Å². The van der Waals surface area contributed by atoms with Crippen LogP contribution in [0.5, 0.6) is 0 Å². The number of rotatable bonds is 4. The normalized spacial score (nSPS) is 11.9. The van der Waals surface area contributed by atoms with Crippen LogP contribution in [0.25, 0.3) is 5.78 Å². The maximum absolute atomic E-state index is 13.6. The van der Waals surface area contributed by atoms with Gasteiger partial charge in [0.2, 0.25) is 11.7 Å². The zero-order chi connectivity index (χ0) is 19.9. The van der Waals surface area contributed by atoms with Crippen molar-refractivity contribution in [2.24, 2.45) is 7.05 Å². The van der Waals surface area contributed by atoms with Gasteiger partial charge in [-0.25, -0.2) is 9.97 Å². The first-order chi connectivity index (χ1) is 13.3. The molecule has 0 fully saturated rings. The smallest absolute Gasteiger partial charge is 0.357 e. The van der Waals surface area contributed by atoms with Gasteiger partial charge in [-0.05, 0) is 5.56 Å². The van der Waals surface area contributed by atoms with Crippen molar-refractivity contribution >= 4 is 17.3 Å². The van der Waals surface area contributed by atoms with Crippen LogP contribution in [0.1, 0.15) is 11.1 Å². The number of halogens is 3. The number of imidazole rings is 1. The van der Waals surface area contributed by atoms with E-state index in [9.17, 15) is 18.0 Å². The summed E-state index contributed by atoms with van der Waals surface area (Å²) < 4.78 is 48.2. The molecule has 0 saturated carbocycles. The second-order valence-corrected chi connectivity index (χ2v) is 6.09. The first-order valence-corrected chi connectivity index (χ1v) is 8.22. The zero-order valence-electron chi connectivity index (χ0n) is 14.6. The lowest BCUT2D eigenvalue weighted by Crippen LogP contribution is -2.25. The van der Waals surface area contributed by atoms with E-state index >= 15 is 0 Å². The van der Waals surface area contributed by atoms with Crippen molar-refractivity contribution in [3.63, 3.8) is 0 Å². The summed E-state index contributed by atoms with van der Waals surface area (Å²) in [6, 6.07) is 8.89. The highest BCUT2D eigenvalue weighted by Crippen LogP contribution is 2.38. The molecule has 28 heavy (non-hydrogen) atoms. The van der Waals surface area contributed by atoms with E-state index < -0.39 is 23.2 Å². The van der Waals surface area contributed by atoms with Crippen molar-refractivity contribution in [1.82, 2.24) is 19.1 Å². The van der Waals surface area contributed by atoms with Gasteiger partial charge in [-0.15, -0.1) is 0 Å². The molecule has 0 aliphatic carbocycles. The molecular formula is C18H14F3N5O2. The molecule has 0 radical (unpaired) electrons. The van der Waals surface area contributed by atoms with E-state index in [1.165, 1.54) is 17.3 Å². The van der Waals surface area contributed by atoms with Gasteiger partial charge in [-0.3, -0.25) is 9.20 Å². The third-order valence-corrected chi connectivity index (χ3v) is 4.19. The Morgan fingerprint density at radius 2 is 1.93 bits per heavy atom. The van der Waals surface area contributed by atoms with Gasteiger partial charge in [0.05, 0.1) is 18.4 Å². The number of fused-ring (bicyclic) bond motifs is 1.